The van der Waals surface area contributed by atoms with E-state index in [-0.39, 0.29) is 18.9 Å². The van der Waals surface area contributed by atoms with E-state index in [0.717, 1.165) is 5.56 Å². The molecule has 1 fully saturated rings. The third kappa shape index (κ3) is 3.94. The summed E-state index contributed by atoms with van der Waals surface area (Å²) in [6, 6.07) is 7.21. The molecule has 0 aliphatic carbocycles. The second kappa shape index (κ2) is 6.04. The first-order valence-electron chi connectivity index (χ1n) is 5.90. The van der Waals surface area contributed by atoms with Gasteiger partial charge in [-0.05, 0) is 17.7 Å². The fraction of sp³-hybridized carbons (Fsp3) is 0.385. The Morgan fingerprint density at radius 1 is 1.42 bits per heavy atom. The van der Waals surface area contributed by atoms with Crippen molar-refractivity contribution >= 4 is 23.5 Å². The Morgan fingerprint density at radius 2 is 2.11 bits per heavy atom. The van der Waals surface area contributed by atoms with Crippen LogP contribution in [0.2, 0.25) is 5.02 Å². The van der Waals surface area contributed by atoms with E-state index in [1.807, 2.05) is 12.1 Å². The summed E-state index contributed by atoms with van der Waals surface area (Å²) in [5, 5.41) is 9.38. The first kappa shape index (κ1) is 13.8. The van der Waals surface area contributed by atoms with Crippen molar-refractivity contribution in [1.29, 1.82) is 0 Å². The number of morpholine rings is 1. The van der Waals surface area contributed by atoms with Gasteiger partial charge in [0.05, 0.1) is 12.5 Å². The van der Waals surface area contributed by atoms with Gasteiger partial charge in [-0.15, -0.1) is 0 Å². The molecule has 0 saturated carbocycles. The molecule has 0 spiro atoms. The highest BCUT2D eigenvalue weighted by molar-refractivity contribution is 6.30. The quantitative estimate of drug-likeness (QED) is 0.910. The molecule has 1 saturated heterocycles. The van der Waals surface area contributed by atoms with E-state index in [4.69, 9.17) is 21.4 Å². The molecular weight excluding hydrogens is 270 g/mol. The number of hydrogen-bond donors (Lipinski definition) is 1. The van der Waals surface area contributed by atoms with Crippen molar-refractivity contribution in [3.05, 3.63) is 34.9 Å². The number of rotatable bonds is 4. The lowest BCUT2D eigenvalue weighted by Crippen LogP contribution is -2.46. The fourth-order valence-electron chi connectivity index (χ4n) is 1.96. The average molecular weight is 284 g/mol. The van der Waals surface area contributed by atoms with E-state index in [9.17, 15) is 9.59 Å². The number of carboxylic acids is 1. The van der Waals surface area contributed by atoms with Crippen LogP contribution in [0, 0.1) is 0 Å². The Labute approximate surface area is 115 Å². The molecule has 102 valence electrons. The number of carbonyl (C=O) groups excluding carboxylic acids is 1. The van der Waals surface area contributed by atoms with Crippen LogP contribution < -0.4 is 0 Å². The Bertz CT molecular complexity index is 474. The van der Waals surface area contributed by atoms with Crippen LogP contribution >= 0.6 is 11.6 Å². The van der Waals surface area contributed by atoms with Gasteiger partial charge in [0.2, 0.25) is 5.91 Å². The molecule has 5 nitrogen and oxygen atoms in total. The largest absolute Gasteiger partial charge is 0.481 e. The summed E-state index contributed by atoms with van der Waals surface area (Å²) in [6.45, 7) is 0.675. The Kier molecular flexibility index (Phi) is 4.39. The maximum atomic E-state index is 11.7. The number of benzene rings is 1. The minimum atomic E-state index is -0.925. The minimum Gasteiger partial charge on any atom is -0.481 e. The summed E-state index contributed by atoms with van der Waals surface area (Å²) in [6.07, 6.45) is -0.535. The van der Waals surface area contributed by atoms with Crippen LogP contribution in [-0.4, -0.2) is 41.1 Å². The molecule has 2 rings (SSSR count). The molecule has 0 radical (unpaired) electrons. The lowest BCUT2D eigenvalue weighted by Gasteiger charge is -2.32. The second-order valence-corrected chi connectivity index (χ2v) is 4.87. The van der Waals surface area contributed by atoms with Crippen molar-refractivity contribution in [2.75, 3.05) is 13.2 Å². The summed E-state index contributed by atoms with van der Waals surface area (Å²) in [5.41, 5.74) is 0.953. The number of carboxylic acid groups (broad SMARTS) is 1. The summed E-state index contributed by atoms with van der Waals surface area (Å²) in [7, 11) is 0. The number of nitrogens with zero attached hydrogens (tertiary/aromatic N) is 1. The van der Waals surface area contributed by atoms with Gasteiger partial charge in [-0.3, -0.25) is 9.59 Å². The van der Waals surface area contributed by atoms with Crippen LogP contribution in [0.3, 0.4) is 0 Å². The standard InChI is InChI=1S/C13H14ClNO4/c14-10-3-1-9(2-4-10)6-15-7-11(5-13(17)18)19-8-12(15)16/h1-4,11H,5-8H2,(H,17,18). The zero-order valence-corrected chi connectivity index (χ0v) is 11.0. The predicted molar refractivity (Wildman–Crippen MR) is 68.9 cm³/mol. The maximum Gasteiger partial charge on any atom is 0.306 e. The number of hydrogen-bond acceptors (Lipinski definition) is 3. The smallest absolute Gasteiger partial charge is 0.306 e. The van der Waals surface area contributed by atoms with Gasteiger partial charge >= 0.3 is 5.97 Å². The van der Waals surface area contributed by atoms with Crippen LogP contribution in [0.5, 0.6) is 0 Å². The van der Waals surface area contributed by atoms with Gasteiger partial charge in [0.25, 0.3) is 0 Å². The van der Waals surface area contributed by atoms with Gasteiger partial charge in [0, 0.05) is 18.1 Å². The first-order valence-corrected chi connectivity index (χ1v) is 6.28. The van der Waals surface area contributed by atoms with Crippen molar-refractivity contribution in [3.8, 4) is 0 Å². The summed E-state index contributed by atoms with van der Waals surface area (Å²) < 4.78 is 5.19. The predicted octanol–water partition coefficient (Wildman–Crippen LogP) is 1.54. The van der Waals surface area contributed by atoms with Crippen LogP contribution in [0.1, 0.15) is 12.0 Å². The monoisotopic (exact) mass is 283 g/mol. The van der Waals surface area contributed by atoms with Crippen molar-refractivity contribution in [1.82, 2.24) is 4.90 Å². The molecule has 1 N–H and O–H groups in total. The molecule has 0 bridgehead atoms. The Balaban J connectivity index is 1.99. The van der Waals surface area contributed by atoms with Crippen molar-refractivity contribution in [3.63, 3.8) is 0 Å². The molecular formula is C13H14ClNO4. The first-order chi connectivity index (χ1) is 9.04. The van der Waals surface area contributed by atoms with Crippen molar-refractivity contribution in [2.24, 2.45) is 0 Å². The maximum absolute atomic E-state index is 11.7. The fourth-order valence-corrected chi connectivity index (χ4v) is 2.09. The molecule has 1 atom stereocenters. The second-order valence-electron chi connectivity index (χ2n) is 4.43. The topological polar surface area (TPSA) is 66.8 Å². The highest BCUT2D eigenvalue weighted by Gasteiger charge is 2.27. The van der Waals surface area contributed by atoms with Gasteiger partial charge in [-0.2, -0.15) is 0 Å². The van der Waals surface area contributed by atoms with E-state index in [1.54, 1.807) is 17.0 Å². The van der Waals surface area contributed by atoms with Gasteiger partial charge in [-0.1, -0.05) is 23.7 Å². The number of halogens is 1. The number of aliphatic carboxylic acids is 1. The minimum absolute atomic E-state index is 0.0640. The van der Waals surface area contributed by atoms with Gasteiger partial charge in [0.15, 0.2) is 0 Å². The van der Waals surface area contributed by atoms with Crippen LogP contribution in [0.25, 0.3) is 0 Å². The number of ether oxygens (including phenoxy) is 1. The highest BCUT2D eigenvalue weighted by atomic mass is 35.5. The van der Waals surface area contributed by atoms with E-state index in [2.05, 4.69) is 0 Å². The third-order valence-corrected chi connectivity index (χ3v) is 3.16. The normalized spacial score (nSPS) is 19.5. The van der Waals surface area contributed by atoms with Crippen LogP contribution in [0.4, 0.5) is 0 Å². The van der Waals surface area contributed by atoms with Crippen molar-refractivity contribution in [2.45, 2.75) is 19.1 Å². The van der Waals surface area contributed by atoms with Crippen LogP contribution in [-0.2, 0) is 20.9 Å². The molecule has 1 aliphatic rings. The molecule has 19 heavy (non-hydrogen) atoms. The summed E-state index contributed by atoms with van der Waals surface area (Å²) in [4.78, 5) is 24.0. The van der Waals surface area contributed by atoms with Gasteiger partial charge in [0.1, 0.15) is 6.61 Å². The Morgan fingerprint density at radius 3 is 2.74 bits per heavy atom. The van der Waals surface area contributed by atoms with Crippen LogP contribution in [0.15, 0.2) is 24.3 Å². The SMILES string of the molecule is O=C(O)CC1CN(Cc2ccc(Cl)cc2)C(=O)CO1. The molecule has 1 amide bonds. The molecule has 1 unspecified atom stereocenters. The van der Waals surface area contributed by atoms with Crippen molar-refractivity contribution < 1.29 is 19.4 Å². The zero-order chi connectivity index (χ0) is 13.8. The molecule has 1 aliphatic heterocycles. The van der Waals surface area contributed by atoms with E-state index < -0.39 is 12.1 Å². The molecule has 1 aromatic carbocycles. The summed E-state index contributed by atoms with van der Waals surface area (Å²) >= 11 is 5.80. The van der Waals surface area contributed by atoms with E-state index in [1.165, 1.54) is 0 Å². The van der Waals surface area contributed by atoms with Gasteiger partial charge < -0.3 is 14.7 Å². The molecule has 1 aromatic rings. The average Bonchev–Trinajstić information content (AvgIpc) is 2.35. The van der Waals surface area contributed by atoms with E-state index in [0.29, 0.717) is 18.1 Å². The highest BCUT2D eigenvalue weighted by Crippen LogP contribution is 2.15. The molecule has 1 heterocycles. The third-order valence-electron chi connectivity index (χ3n) is 2.91. The van der Waals surface area contributed by atoms with Gasteiger partial charge in [-0.25, -0.2) is 0 Å². The molecule has 0 aromatic heterocycles. The Hall–Kier alpha value is -1.59. The zero-order valence-electron chi connectivity index (χ0n) is 10.2. The summed E-state index contributed by atoms with van der Waals surface area (Å²) in [5.74, 6) is -1.05. The molecule has 6 heteroatoms. The lowest BCUT2D eigenvalue weighted by atomic mass is 10.1. The number of amides is 1. The van der Waals surface area contributed by atoms with E-state index >= 15 is 0 Å². The number of carbonyl (C=O) groups is 2. The lowest BCUT2D eigenvalue weighted by molar-refractivity contribution is -0.155.